The van der Waals surface area contributed by atoms with Gasteiger partial charge in [-0.1, -0.05) is 13.8 Å². The van der Waals surface area contributed by atoms with Gasteiger partial charge in [0.1, 0.15) is 12.2 Å². The first-order valence-electron chi connectivity index (χ1n) is 6.80. The zero-order chi connectivity index (χ0) is 12.3. The highest BCUT2D eigenvalue weighted by Crippen LogP contribution is 2.21. The maximum atomic E-state index is 4.35. The standard InChI is InChI=1S/C13H24N4/c1-4-17-13(15-9-16-17)7-10(2)11(3)8-14-12-5-6-12/h9-12,14H,4-8H2,1-3H3. The van der Waals surface area contributed by atoms with Crippen LogP contribution in [0.2, 0.25) is 0 Å². The Hall–Kier alpha value is -0.900. The van der Waals surface area contributed by atoms with E-state index >= 15 is 0 Å². The largest absolute Gasteiger partial charge is 0.314 e. The van der Waals surface area contributed by atoms with Gasteiger partial charge in [0, 0.05) is 19.0 Å². The Balaban J connectivity index is 1.80. The second kappa shape index (κ2) is 5.63. The highest BCUT2D eigenvalue weighted by molar-refractivity contribution is 4.88. The third-order valence-corrected chi connectivity index (χ3v) is 3.78. The number of hydrogen-bond donors (Lipinski definition) is 1. The van der Waals surface area contributed by atoms with Crippen LogP contribution >= 0.6 is 0 Å². The molecule has 2 atom stereocenters. The summed E-state index contributed by atoms with van der Waals surface area (Å²) < 4.78 is 2.00. The maximum absolute atomic E-state index is 4.35. The molecule has 2 rings (SSSR count). The van der Waals surface area contributed by atoms with Crippen LogP contribution in [0, 0.1) is 11.8 Å². The molecule has 1 N–H and O–H groups in total. The third-order valence-electron chi connectivity index (χ3n) is 3.78. The molecule has 0 aliphatic heterocycles. The fourth-order valence-corrected chi connectivity index (χ4v) is 2.04. The van der Waals surface area contributed by atoms with Crippen molar-refractivity contribution < 1.29 is 0 Å². The predicted octanol–water partition coefficient (Wildman–Crippen LogP) is 1.86. The molecule has 1 heterocycles. The van der Waals surface area contributed by atoms with Crippen LogP contribution in [-0.4, -0.2) is 27.4 Å². The molecule has 1 aromatic heterocycles. The molecule has 4 heteroatoms. The van der Waals surface area contributed by atoms with Crippen LogP contribution < -0.4 is 5.32 Å². The molecule has 1 fully saturated rings. The summed E-state index contributed by atoms with van der Waals surface area (Å²) >= 11 is 0. The van der Waals surface area contributed by atoms with Crippen molar-refractivity contribution in [2.45, 2.75) is 52.6 Å². The van der Waals surface area contributed by atoms with Crippen LogP contribution in [0.1, 0.15) is 39.4 Å². The van der Waals surface area contributed by atoms with Crippen LogP contribution in [0.5, 0.6) is 0 Å². The Morgan fingerprint density at radius 2 is 2.18 bits per heavy atom. The minimum atomic E-state index is 0.649. The lowest BCUT2D eigenvalue weighted by molar-refractivity contribution is 0.353. The highest BCUT2D eigenvalue weighted by atomic mass is 15.3. The zero-order valence-corrected chi connectivity index (χ0v) is 11.2. The molecule has 0 amide bonds. The van der Waals surface area contributed by atoms with Crippen molar-refractivity contribution in [3.8, 4) is 0 Å². The zero-order valence-electron chi connectivity index (χ0n) is 11.2. The predicted molar refractivity (Wildman–Crippen MR) is 68.8 cm³/mol. The van der Waals surface area contributed by atoms with Gasteiger partial charge in [-0.2, -0.15) is 5.10 Å². The van der Waals surface area contributed by atoms with Crippen LogP contribution in [-0.2, 0) is 13.0 Å². The van der Waals surface area contributed by atoms with E-state index in [0.717, 1.165) is 31.4 Å². The van der Waals surface area contributed by atoms with Gasteiger partial charge in [-0.25, -0.2) is 4.98 Å². The summed E-state index contributed by atoms with van der Waals surface area (Å²) in [5.74, 6) is 2.46. The Morgan fingerprint density at radius 3 is 2.82 bits per heavy atom. The number of aryl methyl sites for hydroxylation is 1. The molecular formula is C13H24N4. The first kappa shape index (κ1) is 12.6. The summed E-state index contributed by atoms with van der Waals surface area (Å²) in [6.45, 7) is 8.80. The van der Waals surface area contributed by atoms with Gasteiger partial charge in [0.05, 0.1) is 0 Å². The molecule has 1 saturated carbocycles. The van der Waals surface area contributed by atoms with Crippen LogP contribution in [0.4, 0.5) is 0 Å². The molecule has 0 spiro atoms. The number of rotatable bonds is 7. The first-order valence-corrected chi connectivity index (χ1v) is 6.80. The second-order valence-corrected chi connectivity index (χ2v) is 5.33. The van der Waals surface area contributed by atoms with Crippen molar-refractivity contribution in [2.75, 3.05) is 6.54 Å². The lowest BCUT2D eigenvalue weighted by Gasteiger charge is -2.20. The van der Waals surface area contributed by atoms with E-state index in [-0.39, 0.29) is 0 Å². The molecule has 1 aromatic rings. The first-order chi connectivity index (χ1) is 8.20. The van der Waals surface area contributed by atoms with Gasteiger partial charge >= 0.3 is 0 Å². The van der Waals surface area contributed by atoms with Gasteiger partial charge in [-0.15, -0.1) is 0 Å². The van der Waals surface area contributed by atoms with Crippen molar-refractivity contribution in [2.24, 2.45) is 11.8 Å². The minimum Gasteiger partial charge on any atom is -0.314 e. The average Bonchev–Trinajstić information content (AvgIpc) is 3.05. The van der Waals surface area contributed by atoms with Gasteiger partial charge in [-0.3, -0.25) is 4.68 Å². The summed E-state index contributed by atoms with van der Waals surface area (Å²) in [4.78, 5) is 4.35. The Morgan fingerprint density at radius 1 is 1.41 bits per heavy atom. The van der Waals surface area contributed by atoms with E-state index in [4.69, 9.17) is 0 Å². The highest BCUT2D eigenvalue weighted by Gasteiger charge is 2.22. The number of nitrogens with zero attached hydrogens (tertiary/aromatic N) is 3. The van der Waals surface area contributed by atoms with Crippen molar-refractivity contribution in [1.82, 2.24) is 20.1 Å². The van der Waals surface area contributed by atoms with Crippen molar-refractivity contribution in [1.29, 1.82) is 0 Å². The van der Waals surface area contributed by atoms with Gasteiger partial charge in [0.2, 0.25) is 0 Å². The van der Waals surface area contributed by atoms with Crippen molar-refractivity contribution >= 4 is 0 Å². The smallest absolute Gasteiger partial charge is 0.138 e. The third kappa shape index (κ3) is 3.53. The summed E-state index contributed by atoms with van der Waals surface area (Å²) in [5, 5.41) is 7.82. The van der Waals surface area contributed by atoms with Crippen LogP contribution in [0.3, 0.4) is 0 Å². The van der Waals surface area contributed by atoms with Gasteiger partial charge in [-0.05, 0) is 38.1 Å². The fraction of sp³-hybridized carbons (Fsp3) is 0.846. The lowest BCUT2D eigenvalue weighted by Crippen LogP contribution is -2.28. The van der Waals surface area contributed by atoms with E-state index < -0.39 is 0 Å². The van der Waals surface area contributed by atoms with E-state index in [1.54, 1.807) is 6.33 Å². The lowest BCUT2D eigenvalue weighted by atomic mass is 9.92. The number of hydrogen-bond acceptors (Lipinski definition) is 3. The molecule has 17 heavy (non-hydrogen) atoms. The molecule has 0 aromatic carbocycles. The molecule has 1 aliphatic carbocycles. The molecule has 0 saturated heterocycles. The molecule has 2 unspecified atom stereocenters. The molecular weight excluding hydrogens is 212 g/mol. The average molecular weight is 236 g/mol. The molecule has 0 radical (unpaired) electrons. The van der Waals surface area contributed by atoms with E-state index in [1.165, 1.54) is 12.8 Å². The van der Waals surface area contributed by atoms with Crippen LogP contribution in [0.25, 0.3) is 0 Å². The SMILES string of the molecule is CCn1ncnc1CC(C)C(C)CNC1CC1. The van der Waals surface area contributed by atoms with E-state index in [0.29, 0.717) is 11.8 Å². The van der Waals surface area contributed by atoms with E-state index in [1.807, 2.05) is 4.68 Å². The number of nitrogens with one attached hydrogen (secondary N) is 1. The molecule has 0 bridgehead atoms. The molecule has 96 valence electrons. The minimum absolute atomic E-state index is 0.649. The monoisotopic (exact) mass is 236 g/mol. The number of aromatic nitrogens is 3. The topological polar surface area (TPSA) is 42.7 Å². The van der Waals surface area contributed by atoms with Gasteiger partial charge < -0.3 is 5.32 Å². The normalized spacial score (nSPS) is 19.2. The van der Waals surface area contributed by atoms with E-state index in [9.17, 15) is 0 Å². The Kier molecular flexibility index (Phi) is 4.15. The van der Waals surface area contributed by atoms with Gasteiger partial charge in [0.25, 0.3) is 0 Å². The van der Waals surface area contributed by atoms with Crippen molar-refractivity contribution in [3.63, 3.8) is 0 Å². The summed E-state index contributed by atoms with van der Waals surface area (Å²) in [5.41, 5.74) is 0. The Bertz CT molecular complexity index is 343. The maximum Gasteiger partial charge on any atom is 0.138 e. The molecule has 4 nitrogen and oxygen atoms in total. The molecule has 1 aliphatic rings. The van der Waals surface area contributed by atoms with Gasteiger partial charge in [0.15, 0.2) is 0 Å². The second-order valence-electron chi connectivity index (χ2n) is 5.33. The van der Waals surface area contributed by atoms with Crippen molar-refractivity contribution in [3.05, 3.63) is 12.2 Å². The quantitative estimate of drug-likeness (QED) is 0.786. The Labute approximate surface area is 104 Å². The van der Waals surface area contributed by atoms with E-state index in [2.05, 4.69) is 36.2 Å². The summed E-state index contributed by atoms with van der Waals surface area (Å²) in [6, 6.07) is 0.809. The summed E-state index contributed by atoms with van der Waals surface area (Å²) in [6.07, 6.45) is 5.43. The fourth-order valence-electron chi connectivity index (χ4n) is 2.04. The summed E-state index contributed by atoms with van der Waals surface area (Å²) in [7, 11) is 0. The van der Waals surface area contributed by atoms with Crippen LogP contribution in [0.15, 0.2) is 6.33 Å².